The van der Waals surface area contributed by atoms with Crippen molar-refractivity contribution < 1.29 is 24.8 Å². The van der Waals surface area contributed by atoms with Gasteiger partial charge in [-0.1, -0.05) is 0 Å². The van der Waals surface area contributed by atoms with Crippen LogP contribution in [0.25, 0.3) is 22.3 Å². The Morgan fingerprint density at radius 1 is 0.955 bits per heavy atom. The second-order valence-electron chi connectivity index (χ2n) is 4.95. The van der Waals surface area contributed by atoms with Gasteiger partial charge in [0.05, 0.1) is 0 Å². The van der Waals surface area contributed by atoms with Crippen LogP contribution in [0, 0.1) is 6.92 Å². The van der Waals surface area contributed by atoms with Gasteiger partial charge in [0.1, 0.15) is 28.2 Å². The highest BCUT2D eigenvalue weighted by Crippen LogP contribution is 2.35. The minimum Gasteiger partial charge on any atom is -0.508 e. The minimum absolute atomic E-state index is 0.0546. The van der Waals surface area contributed by atoms with E-state index in [0.29, 0.717) is 11.1 Å². The fourth-order valence-electron chi connectivity index (χ4n) is 2.27. The van der Waals surface area contributed by atoms with Crippen LogP contribution in [-0.4, -0.2) is 20.4 Å². The van der Waals surface area contributed by atoms with Crippen molar-refractivity contribution in [1.82, 2.24) is 0 Å². The molecule has 6 nitrogen and oxygen atoms in total. The first-order chi connectivity index (χ1) is 10.4. The van der Waals surface area contributed by atoms with Crippen molar-refractivity contribution in [3.05, 3.63) is 46.1 Å². The molecule has 0 aliphatic rings. The molecule has 0 bridgehead atoms. The fraction of sp³-hybridized carbons (Fsp3) is 0.0625. The molecule has 0 spiro atoms. The SMILES string of the molecule is Cc1cc(-c2oc3cc(O)cc(O)c3c(=O)c2O)ccc1O. The summed E-state index contributed by atoms with van der Waals surface area (Å²) in [6, 6.07) is 6.60. The zero-order valence-electron chi connectivity index (χ0n) is 11.5. The zero-order valence-corrected chi connectivity index (χ0v) is 11.5. The van der Waals surface area contributed by atoms with Gasteiger partial charge >= 0.3 is 0 Å². The van der Waals surface area contributed by atoms with Gasteiger partial charge in [0, 0.05) is 17.7 Å². The predicted octanol–water partition coefficient (Wildman–Crippen LogP) is 2.59. The topological polar surface area (TPSA) is 111 Å². The van der Waals surface area contributed by atoms with Crippen LogP contribution in [0.1, 0.15) is 5.56 Å². The van der Waals surface area contributed by atoms with E-state index >= 15 is 0 Å². The Balaban J connectivity index is 2.38. The Hall–Kier alpha value is -3.15. The van der Waals surface area contributed by atoms with Crippen molar-refractivity contribution >= 4 is 11.0 Å². The minimum atomic E-state index is -0.806. The lowest BCUT2D eigenvalue weighted by Crippen LogP contribution is -2.03. The van der Waals surface area contributed by atoms with Crippen LogP contribution in [-0.2, 0) is 0 Å². The molecule has 1 aromatic heterocycles. The lowest BCUT2D eigenvalue weighted by Gasteiger charge is -2.08. The molecular formula is C16H12O6. The smallest absolute Gasteiger partial charge is 0.238 e. The van der Waals surface area contributed by atoms with E-state index in [1.807, 2.05) is 0 Å². The third kappa shape index (κ3) is 2.01. The molecule has 1 heterocycles. The molecule has 0 amide bonds. The normalized spacial score (nSPS) is 11.0. The Labute approximate surface area is 124 Å². The molecule has 0 saturated carbocycles. The summed E-state index contributed by atoms with van der Waals surface area (Å²) in [6.07, 6.45) is 0. The third-order valence-electron chi connectivity index (χ3n) is 3.39. The summed E-state index contributed by atoms with van der Waals surface area (Å²) in [7, 11) is 0. The molecule has 4 N–H and O–H groups in total. The van der Waals surface area contributed by atoms with Gasteiger partial charge in [0.2, 0.25) is 11.2 Å². The van der Waals surface area contributed by atoms with Crippen molar-refractivity contribution in [2.75, 3.05) is 0 Å². The van der Waals surface area contributed by atoms with E-state index in [1.165, 1.54) is 18.2 Å². The lowest BCUT2D eigenvalue weighted by atomic mass is 10.1. The second kappa shape index (κ2) is 4.70. The van der Waals surface area contributed by atoms with Crippen molar-refractivity contribution in [2.45, 2.75) is 6.92 Å². The first-order valence-electron chi connectivity index (χ1n) is 6.40. The molecule has 0 unspecified atom stereocenters. The summed E-state index contributed by atoms with van der Waals surface area (Å²) in [5.74, 6) is -1.44. The molecule has 112 valence electrons. The average Bonchev–Trinajstić information content (AvgIpc) is 2.45. The molecule has 0 atom stereocenters. The summed E-state index contributed by atoms with van der Waals surface area (Å²) < 4.78 is 5.46. The van der Waals surface area contributed by atoms with E-state index in [-0.39, 0.29) is 28.2 Å². The highest BCUT2D eigenvalue weighted by atomic mass is 16.4. The second-order valence-corrected chi connectivity index (χ2v) is 4.95. The van der Waals surface area contributed by atoms with Gasteiger partial charge in [-0.3, -0.25) is 4.79 Å². The highest BCUT2D eigenvalue weighted by molar-refractivity contribution is 5.88. The van der Waals surface area contributed by atoms with Gasteiger partial charge in [0.25, 0.3) is 0 Å². The molecule has 6 heteroatoms. The van der Waals surface area contributed by atoms with E-state index in [9.17, 15) is 25.2 Å². The Morgan fingerprint density at radius 2 is 1.68 bits per heavy atom. The van der Waals surface area contributed by atoms with Crippen molar-refractivity contribution in [3.8, 4) is 34.3 Å². The number of phenols is 3. The van der Waals surface area contributed by atoms with Crippen LogP contribution in [0.5, 0.6) is 23.0 Å². The largest absolute Gasteiger partial charge is 0.508 e. The van der Waals surface area contributed by atoms with E-state index in [1.54, 1.807) is 13.0 Å². The van der Waals surface area contributed by atoms with Crippen molar-refractivity contribution in [2.24, 2.45) is 0 Å². The number of aromatic hydroxyl groups is 4. The monoisotopic (exact) mass is 300 g/mol. The average molecular weight is 300 g/mol. The summed E-state index contributed by atoms with van der Waals surface area (Å²) >= 11 is 0. The summed E-state index contributed by atoms with van der Waals surface area (Å²) in [4.78, 5) is 12.2. The number of phenolic OH excluding ortho intramolecular Hbond substituents is 3. The summed E-state index contributed by atoms with van der Waals surface area (Å²) in [5, 5.41) is 38.6. The van der Waals surface area contributed by atoms with Crippen LogP contribution in [0.2, 0.25) is 0 Å². The van der Waals surface area contributed by atoms with Crippen LogP contribution in [0.15, 0.2) is 39.5 Å². The van der Waals surface area contributed by atoms with Gasteiger partial charge in [-0.25, -0.2) is 0 Å². The zero-order chi connectivity index (χ0) is 16.0. The summed E-state index contributed by atoms with van der Waals surface area (Å²) in [6.45, 7) is 1.66. The molecule has 0 aliphatic carbocycles. The van der Waals surface area contributed by atoms with E-state index in [4.69, 9.17) is 4.42 Å². The molecule has 0 saturated heterocycles. The number of aryl methyl sites for hydroxylation is 1. The standard InChI is InChI=1S/C16H12O6/c1-7-4-8(2-3-10(7)18)16-15(21)14(20)13-11(19)5-9(17)6-12(13)22-16/h2-6,17-19,21H,1H3. The van der Waals surface area contributed by atoms with Crippen LogP contribution in [0.4, 0.5) is 0 Å². The highest BCUT2D eigenvalue weighted by Gasteiger charge is 2.19. The maximum absolute atomic E-state index is 12.2. The van der Waals surface area contributed by atoms with Gasteiger partial charge in [-0.2, -0.15) is 0 Å². The Kier molecular flexibility index (Phi) is 2.95. The van der Waals surface area contributed by atoms with Crippen LogP contribution >= 0.6 is 0 Å². The van der Waals surface area contributed by atoms with Crippen LogP contribution < -0.4 is 5.43 Å². The molecule has 0 radical (unpaired) electrons. The number of hydrogen-bond donors (Lipinski definition) is 4. The number of hydrogen-bond acceptors (Lipinski definition) is 6. The Morgan fingerprint density at radius 3 is 2.36 bits per heavy atom. The first-order valence-corrected chi connectivity index (χ1v) is 6.40. The molecule has 3 rings (SSSR count). The van der Waals surface area contributed by atoms with Crippen molar-refractivity contribution in [3.63, 3.8) is 0 Å². The van der Waals surface area contributed by atoms with Crippen LogP contribution in [0.3, 0.4) is 0 Å². The lowest BCUT2D eigenvalue weighted by molar-refractivity contribution is 0.438. The van der Waals surface area contributed by atoms with Gasteiger partial charge in [-0.05, 0) is 30.7 Å². The maximum atomic E-state index is 12.2. The molecular weight excluding hydrogens is 288 g/mol. The summed E-state index contributed by atoms with van der Waals surface area (Å²) in [5.41, 5.74) is 0.0635. The predicted molar refractivity (Wildman–Crippen MR) is 79.3 cm³/mol. The fourth-order valence-corrected chi connectivity index (χ4v) is 2.27. The molecule has 0 aliphatic heterocycles. The third-order valence-corrected chi connectivity index (χ3v) is 3.39. The number of benzene rings is 2. The molecule has 22 heavy (non-hydrogen) atoms. The first kappa shape index (κ1) is 13.8. The van der Waals surface area contributed by atoms with E-state index in [0.717, 1.165) is 6.07 Å². The number of fused-ring (bicyclic) bond motifs is 1. The van der Waals surface area contributed by atoms with E-state index in [2.05, 4.69) is 0 Å². The van der Waals surface area contributed by atoms with Gasteiger partial charge in [0.15, 0.2) is 5.76 Å². The van der Waals surface area contributed by atoms with Gasteiger partial charge < -0.3 is 24.8 Å². The van der Waals surface area contributed by atoms with E-state index < -0.39 is 16.9 Å². The number of rotatable bonds is 1. The molecule has 2 aromatic carbocycles. The maximum Gasteiger partial charge on any atom is 0.238 e. The Bertz CT molecular complexity index is 955. The van der Waals surface area contributed by atoms with Gasteiger partial charge in [-0.15, -0.1) is 0 Å². The quantitative estimate of drug-likeness (QED) is 0.549. The molecule has 3 aromatic rings. The molecule has 0 fully saturated rings. The van der Waals surface area contributed by atoms with Crippen molar-refractivity contribution in [1.29, 1.82) is 0 Å².